The lowest BCUT2D eigenvalue weighted by atomic mass is 10.0. The van der Waals surface area contributed by atoms with Crippen molar-refractivity contribution in [1.82, 2.24) is 5.32 Å². The summed E-state index contributed by atoms with van der Waals surface area (Å²) in [5.74, 6) is -3.17. The quantitative estimate of drug-likeness (QED) is 0.341. The molecule has 8 nitrogen and oxygen atoms in total. The van der Waals surface area contributed by atoms with Crippen molar-refractivity contribution in [1.29, 1.82) is 0 Å². The predicted octanol–water partition coefficient (Wildman–Crippen LogP) is 1.85. The van der Waals surface area contributed by atoms with E-state index in [-0.39, 0.29) is 17.2 Å². The van der Waals surface area contributed by atoms with E-state index in [4.69, 9.17) is 5.11 Å². The molecule has 8 heteroatoms. The standard InChI is InChI=1S/C18H17NO7/c20-13-4-1-10(7-15(13)22)2-6-17(24)19-12(9-18(25)26)11-3-5-14(21)16(23)8-11/h1-8,12,20-23H,9H2,(H,19,24)(H,25,26)/b6-2+. The number of amides is 1. The highest BCUT2D eigenvalue weighted by Gasteiger charge is 2.18. The van der Waals surface area contributed by atoms with E-state index >= 15 is 0 Å². The lowest BCUT2D eigenvalue weighted by molar-refractivity contribution is -0.137. The Balaban J connectivity index is 2.15. The molecule has 6 N–H and O–H groups in total. The summed E-state index contributed by atoms with van der Waals surface area (Å²) in [5.41, 5.74) is 0.763. The van der Waals surface area contributed by atoms with Gasteiger partial charge < -0.3 is 30.8 Å². The summed E-state index contributed by atoms with van der Waals surface area (Å²) in [6.07, 6.45) is 2.09. The largest absolute Gasteiger partial charge is 0.504 e. The van der Waals surface area contributed by atoms with Crippen LogP contribution in [-0.2, 0) is 9.59 Å². The molecule has 26 heavy (non-hydrogen) atoms. The van der Waals surface area contributed by atoms with Crippen molar-refractivity contribution >= 4 is 18.0 Å². The zero-order valence-electron chi connectivity index (χ0n) is 13.5. The fourth-order valence-electron chi connectivity index (χ4n) is 2.22. The Kier molecular flexibility index (Phi) is 5.69. The fourth-order valence-corrected chi connectivity index (χ4v) is 2.22. The van der Waals surface area contributed by atoms with Crippen molar-refractivity contribution < 1.29 is 35.1 Å². The molecule has 2 aromatic carbocycles. The van der Waals surface area contributed by atoms with E-state index in [1.54, 1.807) is 0 Å². The molecule has 1 atom stereocenters. The minimum Gasteiger partial charge on any atom is -0.504 e. The summed E-state index contributed by atoms with van der Waals surface area (Å²) in [5, 5.41) is 49.1. The third kappa shape index (κ3) is 4.91. The van der Waals surface area contributed by atoms with Crippen molar-refractivity contribution in [3.8, 4) is 23.0 Å². The first-order chi connectivity index (χ1) is 12.3. The maximum absolute atomic E-state index is 12.1. The SMILES string of the molecule is O=C(O)CC(NC(=O)/C=C/c1ccc(O)c(O)c1)c1ccc(O)c(O)c1. The lowest BCUT2D eigenvalue weighted by Gasteiger charge is -2.17. The summed E-state index contributed by atoms with van der Waals surface area (Å²) in [7, 11) is 0. The van der Waals surface area contributed by atoms with Gasteiger partial charge in [0.05, 0.1) is 12.5 Å². The smallest absolute Gasteiger partial charge is 0.305 e. The number of benzene rings is 2. The van der Waals surface area contributed by atoms with E-state index in [2.05, 4.69) is 5.32 Å². The molecule has 0 bridgehead atoms. The van der Waals surface area contributed by atoms with Crippen LogP contribution in [0.1, 0.15) is 23.6 Å². The molecule has 136 valence electrons. The van der Waals surface area contributed by atoms with Gasteiger partial charge in [-0.25, -0.2) is 0 Å². The molecule has 0 heterocycles. The van der Waals surface area contributed by atoms with Crippen molar-refractivity contribution in [3.63, 3.8) is 0 Å². The van der Waals surface area contributed by atoms with Crippen LogP contribution in [0.5, 0.6) is 23.0 Å². The van der Waals surface area contributed by atoms with Crippen LogP contribution in [0.2, 0.25) is 0 Å². The van der Waals surface area contributed by atoms with E-state index in [0.29, 0.717) is 11.1 Å². The zero-order chi connectivity index (χ0) is 19.3. The number of phenolic OH excluding ortho intramolecular Hbond substituents is 4. The summed E-state index contributed by atoms with van der Waals surface area (Å²) < 4.78 is 0. The van der Waals surface area contributed by atoms with E-state index < -0.39 is 30.1 Å². The summed E-state index contributed by atoms with van der Waals surface area (Å²) in [4.78, 5) is 23.1. The monoisotopic (exact) mass is 359 g/mol. The zero-order valence-corrected chi connectivity index (χ0v) is 13.5. The third-order valence-corrected chi connectivity index (χ3v) is 3.52. The van der Waals surface area contributed by atoms with Crippen LogP contribution in [0.15, 0.2) is 42.5 Å². The molecular formula is C18H17NO7. The Morgan fingerprint density at radius 1 is 0.923 bits per heavy atom. The van der Waals surface area contributed by atoms with Crippen LogP contribution in [0.4, 0.5) is 0 Å². The van der Waals surface area contributed by atoms with Crippen molar-refractivity contribution in [2.45, 2.75) is 12.5 Å². The van der Waals surface area contributed by atoms with Gasteiger partial charge >= 0.3 is 5.97 Å². The first kappa shape index (κ1) is 18.7. The molecule has 1 unspecified atom stereocenters. The molecule has 0 aliphatic heterocycles. The van der Waals surface area contributed by atoms with Gasteiger partial charge in [0, 0.05) is 6.08 Å². The highest BCUT2D eigenvalue weighted by Crippen LogP contribution is 2.29. The summed E-state index contributed by atoms with van der Waals surface area (Å²) in [6.45, 7) is 0. The van der Waals surface area contributed by atoms with E-state index in [1.807, 2.05) is 0 Å². The van der Waals surface area contributed by atoms with Gasteiger partial charge in [-0.15, -0.1) is 0 Å². The second kappa shape index (κ2) is 7.93. The molecule has 0 aliphatic carbocycles. The highest BCUT2D eigenvalue weighted by molar-refractivity contribution is 5.92. The maximum Gasteiger partial charge on any atom is 0.305 e. The molecule has 0 aliphatic rings. The Morgan fingerprint density at radius 2 is 1.54 bits per heavy atom. The van der Waals surface area contributed by atoms with Crippen molar-refractivity contribution in [2.24, 2.45) is 0 Å². The van der Waals surface area contributed by atoms with Gasteiger partial charge in [-0.2, -0.15) is 0 Å². The number of hydrogen-bond donors (Lipinski definition) is 6. The Labute approximate surface area is 148 Å². The number of aromatic hydroxyl groups is 4. The Morgan fingerprint density at radius 3 is 2.12 bits per heavy atom. The second-order valence-electron chi connectivity index (χ2n) is 5.49. The number of carbonyl (C=O) groups is 2. The normalized spacial score (nSPS) is 12.0. The van der Waals surface area contributed by atoms with Crippen LogP contribution in [0, 0.1) is 0 Å². The average molecular weight is 359 g/mol. The van der Waals surface area contributed by atoms with Crippen LogP contribution >= 0.6 is 0 Å². The predicted molar refractivity (Wildman–Crippen MR) is 91.7 cm³/mol. The van der Waals surface area contributed by atoms with Gasteiger partial charge in [0.1, 0.15) is 0 Å². The minimum atomic E-state index is -1.16. The first-order valence-corrected chi connectivity index (χ1v) is 7.50. The van der Waals surface area contributed by atoms with E-state index in [9.17, 15) is 30.0 Å². The average Bonchev–Trinajstić information content (AvgIpc) is 2.57. The lowest BCUT2D eigenvalue weighted by Crippen LogP contribution is -2.28. The summed E-state index contributed by atoms with van der Waals surface area (Å²) >= 11 is 0. The van der Waals surface area contributed by atoms with Crippen LogP contribution in [-0.4, -0.2) is 37.4 Å². The topological polar surface area (TPSA) is 147 Å². The minimum absolute atomic E-state index is 0.291. The molecule has 2 aromatic rings. The Hall–Kier alpha value is -3.68. The third-order valence-electron chi connectivity index (χ3n) is 3.52. The maximum atomic E-state index is 12.1. The van der Waals surface area contributed by atoms with Gasteiger partial charge in [0.2, 0.25) is 5.91 Å². The molecule has 0 fully saturated rings. The molecular weight excluding hydrogens is 342 g/mol. The molecule has 0 radical (unpaired) electrons. The van der Waals surface area contributed by atoms with E-state index in [1.165, 1.54) is 42.5 Å². The van der Waals surface area contributed by atoms with Gasteiger partial charge in [0.25, 0.3) is 0 Å². The molecule has 2 rings (SSSR count). The van der Waals surface area contributed by atoms with Crippen LogP contribution in [0.3, 0.4) is 0 Å². The second-order valence-corrected chi connectivity index (χ2v) is 5.49. The number of phenols is 4. The molecule has 1 amide bonds. The number of nitrogens with one attached hydrogen (secondary N) is 1. The number of carboxylic acid groups (broad SMARTS) is 1. The number of carbonyl (C=O) groups excluding carboxylic acids is 1. The number of rotatable bonds is 6. The number of carboxylic acids is 1. The number of aliphatic carboxylic acids is 1. The highest BCUT2D eigenvalue weighted by atomic mass is 16.4. The van der Waals surface area contributed by atoms with Crippen molar-refractivity contribution in [2.75, 3.05) is 0 Å². The fraction of sp³-hybridized carbons (Fsp3) is 0.111. The van der Waals surface area contributed by atoms with Crippen LogP contribution < -0.4 is 5.32 Å². The molecule has 0 aromatic heterocycles. The molecule has 0 spiro atoms. The number of hydrogen-bond acceptors (Lipinski definition) is 6. The van der Waals surface area contributed by atoms with E-state index in [0.717, 1.165) is 6.08 Å². The van der Waals surface area contributed by atoms with Crippen LogP contribution in [0.25, 0.3) is 6.08 Å². The molecule has 0 saturated heterocycles. The van der Waals surface area contributed by atoms with Gasteiger partial charge in [-0.3, -0.25) is 9.59 Å². The van der Waals surface area contributed by atoms with Gasteiger partial charge in [-0.05, 0) is 41.5 Å². The van der Waals surface area contributed by atoms with Gasteiger partial charge in [0.15, 0.2) is 23.0 Å². The van der Waals surface area contributed by atoms with Crippen molar-refractivity contribution in [3.05, 3.63) is 53.6 Å². The molecule has 0 saturated carbocycles. The van der Waals surface area contributed by atoms with Gasteiger partial charge in [-0.1, -0.05) is 12.1 Å². The Bertz CT molecular complexity index is 861. The first-order valence-electron chi connectivity index (χ1n) is 7.50. The summed E-state index contributed by atoms with van der Waals surface area (Å²) in [6, 6.07) is 6.83.